The van der Waals surface area contributed by atoms with Crippen LogP contribution in [0.15, 0.2) is 54.6 Å². The number of hydrogen-bond donors (Lipinski definition) is 3. The van der Waals surface area contributed by atoms with E-state index in [9.17, 15) is 9.59 Å². The molecule has 3 amide bonds. The van der Waals surface area contributed by atoms with Gasteiger partial charge in [0, 0.05) is 25.2 Å². The van der Waals surface area contributed by atoms with Crippen molar-refractivity contribution in [2.75, 3.05) is 19.6 Å². The van der Waals surface area contributed by atoms with Crippen molar-refractivity contribution in [1.29, 1.82) is 0 Å². The van der Waals surface area contributed by atoms with Crippen molar-refractivity contribution in [3.63, 3.8) is 0 Å². The minimum atomic E-state index is -0.468. The van der Waals surface area contributed by atoms with Gasteiger partial charge in [0.2, 0.25) is 5.91 Å². The number of carbonyl (C=O) groups excluding carboxylic acids is 2. The van der Waals surface area contributed by atoms with Crippen molar-refractivity contribution in [3.05, 3.63) is 71.3 Å². The average Bonchev–Trinajstić information content (AvgIpc) is 2.73. The number of nitrogens with zero attached hydrogens (tertiary/aromatic N) is 1. The molecule has 0 bridgehead atoms. The smallest absolute Gasteiger partial charge is 0.315 e. The monoisotopic (exact) mass is 380 g/mol. The van der Waals surface area contributed by atoms with E-state index in [0.29, 0.717) is 24.6 Å². The Morgan fingerprint density at radius 1 is 0.964 bits per heavy atom. The number of nitrogens with one attached hydrogen (secondary N) is 2. The fraction of sp³-hybridized carbons (Fsp3) is 0.364. The first-order chi connectivity index (χ1) is 13.6. The zero-order valence-electron chi connectivity index (χ0n) is 16.1. The summed E-state index contributed by atoms with van der Waals surface area (Å²) in [5, 5.41) is 5.80. The Morgan fingerprint density at radius 2 is 1.68 bits per heavy atom. The molecule has 0 aliphatic carbocycles. The lowest BCUT2D eigenvalue weighted by molar-refractivity contribution is 0.1000. The Balaban J connectivity index is 1.34. The molecule has 1 aliphatic rings. The van der Waals surface area contributed by atoms with Crippen molar-refractivity contribution in [3.8, 4) is 0 Å². The van der Waals surface area contributed by atoms with Crippen LogP contribution in [0.1, 0.15) is 34.3 Å². The highest BCUT2D eigenvalue weighted by molar-refractivity contribution is 5.92. The number of primary amides is 1. The van der Waals surface area contributed by atoms with Gasteiger partial charge in [-0.05, 0) is 55.1 Å². The maximum Gasteiger partial charge on any atom is 0.315 e. The van der Waals surface area contributed by atoms with E-state index in [1.807, 2.05) is 12.1 Å². The molecule has 1 heterocycles. The highest BCUT2D eigenvalue weighted by atomic mass is 16.2. The molecule has 1 aliphatic heterocycles. The third-order valence-electron chi connectivity index (χ3n) is 5.17. The number of nitrogens with two attached hydrogens (primary N) is 1. The van der Waals surface area contributed by atoms with Crippen molar-refractivity contribution < 1.29 is 9.59 Å². The number of rotatable bonds is 7. The van der Waals surface area contributed by atoms with Crippen LogP contribution in [0.2, 0.25) is 0 Å². The molecule has 0 unspecified atom stereocenters. The maximum absolute atomic E-state index is 12.1. The predicted molar refractivity (Wildman–Crippen MR) is 110 cm³/mol. The number of amides is 3. The minimum Gasteiger partial charge on any atom is -0.366 e. The molecule has 1 fully saturated rings. The Labute approximate surface area is 166 Å². The summed E-state index contributed by atoms with van der Waals surface area (Å²) in [4.78, 5) is 25.7. The highest BCUT2D eigenvalue weighted by Crippen LogP contribution is 2.18. The molecule has 2 aromatic carbocycles. The lowest BCUT2D eigenvalue weighted by Crippen LogP contribution is -2.41. The van der Waals surface area contributed by atoms with Gasteiger partial charge >= 0.3 is 6.03 Å². The number of likely N-dealkylation sites (tertiary alicyclic amines) is 1. The number of piperidine rings is 1. The van der Waals surface area contributed by atoms with Crippen LogP contribution >= 0.6 is 0 Å². The lowest BCUT2D eigenvalue weighted by Gasteiger charge is -2.32. The maximum atomic E-state index is 12.1. The summed E-state index contributed by atoms with van der Waals surface area (Å²) >= 11 is 0. The van der Waals surface area contributed by atoms with E-state index >= 15 is 0 Å². The molecule has 6 nitrogen and oxygen atoms in total. The number of carbonyl (C=O) groups is 2. The molecular formula is C22H28N4O2. The highest BCUT2D eigenvalue weighted by Gasteiger charge is 2.19. The van der Waals surface area contributed by atoms with Crippen LogP contribution in [0, 0.1) is 5.92 Å². The van der Waals surface area contributed by atoms with E-state index < -0.39 is 5.91 Å². The first-order valence-corrected chi connectivity index (χ1v) is 9.77. The van der Waals surface area contributed by atoms with Crippen LogP contribution in [-0.2, 0) is 13.1 Å². The molecule has 0 radical (unpaired) electrons. The fourth-order valence-corrected chi connectivity index (χ4v) is 3.51. The van der Waals surface area contributed by atoms with Crippen LogP contribution in [0.4, 0.5) is 4.79 Å². The Bertz CT molecular complexity index is 786. The Hall–Kier alpha value is -2.86. The Morgan fingerprint density at radius 3 is 2.39 bits per heavy atom. The van der Waals surface area contributed by atoms with Crippen LogP contribution in [-0.4, -0.2) is 36.5 Å². The number of hydrogen-bond acceptors (Lipinski definition) is 3. The molecule has 2 aromatic rings. The molecule has 3 rings (SSSR count). The lowest BCUT2D eigenvalue weighted by atomic mass is 9.96. The van der Waals surface area contributed by atoms with E-state index in [0.717, 1.165) is 38.0 Å². The van der Waals surface area contributed by atoms with Gasteiger partial charge < -0.3 is 16.4 Å². The second-order valence-electron chi connectivity index (χ2n) is 7.33. The molecule has 1 saturated heterocycles. The molecule has 148 valence electrons. The molecule has 0 aromatic heterocycles. The third kappa shape index (κ3) is 6.09. The summed E-state index contributed by atoms with van der Waals surface area (Å²) in [5.41, 5.74) is 7.92. The van der Waals surface area contributed by atoms with Crippen molar-refractivity contribution in [2.45, 2.75) is 25.9 Å². The summed E-state index contributed by atoms with van der Waals surface area (Å²) in [7, 11) is 0. The quantitative estimate of drug-likeness (QED) is 0.690. The van der Waals surface area contributed by atoms with Gasteiger partial charge in [0.25, 0.3) is 0 Å². The van der Waals surface area contributed by atoms with Gasteiger partial charge in [-0.1, -0.05) is 42.5 Å². The topological polar surface area (TPSA) is 87.5 Å². The molecule has 4 N–H and O–H groups in total. The van der Waals surface area contributed by atoms with E-state index in [4.69, 9.17) is 5.73 Å². The zero-order valence-corrected chi connectivity index (χ0v) is 16.1. The summed E-state index contributed by atoms with van der Waals surface area (Å²) in [6, 6.07) is 17.3. The summed E-state index contributed by atoms with van der Waals surface area (Å²) in [6.07, 6.45) is 2.18. The van der Waals surface area contributed by atoms with Gasteiger partial charge in [0.05, 0.1) is 0 Å². The second kappa shape index (κ2) is 9.90. The fourth-order valence-electron chi connectivity index (χ4n) is 3.51. The van der Waals surface area contributed by atoms with E-state index in [1.54, 1.807) is 18.2 Å². The number of benzene rings is 2. The SMILES string of the molecule is NC(=O)c1cccc(CNC(=O)NCC2CCN(Cc3ccccc3)CC2)c1. The van der Waals surface area contributed by atoms with Crippen molar-refractivity contribution >= 4 is 11.9 Å². The van der Waals surface area contributed by atoms with E-state index in [-0.39, 0.29) is 6.03 Å². The molecule has 28 heavy (non-hydrogen) atoms. The first-order valence-electron chi connectivity index (χ1n) is 9.77. The van der Waals surface area contributed by atoms with Gasteiger partial charge in [-0.3, -0.25) is 9.69 Å². The van der Waals surface area contributed by atoms with Gasteiger partial charge in [-0.25, -0.2) is 4.79 Å². The van der Waals surface area contributed by atoms with E-state index in [2.05, 4.69) is 39.8 Å². The van der Waals surface area contributed by atoms with E-state index in [1.165, 1.54) is 5.56 Å². The van der Waals surface area contributed by atoms with Gasteiger partial charge in [-0.2, -0.15) is 0 Å². The third-order valence-corrected chi connectivity index (χ3v) is 5.17. The largest absolute Gasteiger partial charge is 0.366 e. The first kappa shape index (κ1) is 19.9. The average molecular weight is 380 g/mol. The number of urea groups is 1. The second-order valence-corrected chi connectivity index (χ2v) is 7.33. The van der Waals surface area contributed by atoms with Crippen molar-refractivity contribution in [1.82, 2.24) is 15.5 Å². The summed E-state index contributed by atoms with van der Waals surface area (Å²) in [5.74, 6) is 0.0425. The van der Waals surface area contributed by atoms with Crippen molar-refractivity contribution in [2.24, 2.45) is 11.7 Å². The van der Waals surface area contributed by atoms with Gasteiger partial charge in [0.1, 0.15) is 0 Å². The van der Waals surface area contributed by atoms with Crippen LogP contribution in [0.25, 0.3) is 0 Å². The van der Waals surface area contributed by atoms with Crippen LogP contribution in [0.3, 0.4) is 0 Å². The summed E-state index contributed by atoms with van der Waals surface area (Å²) < 4.78 is 0. The standard InChI is InChI=1S/C22H28N4O2/c23-21(27)20-8-4-7-19(13-20)15-25-22(28)24-14-17-9-11-26(12-10-17)16-18-5-2-1-3-6-18/h1-8,13,17H,9-12,14-16H2,(H2,23,27)(H2,24,25,28). The van der Waals surface area contributed by atoms with Crippen LogP contribution in [0.5, 0.6) is 0 Å². The molecular weight excluding hydrogens is 352 g/mol. The van der Waals surface area contributed by atoms with Gasteiger partial charge in [0.15, 0.2) is 0 Å². The normalized spacial score (nSPS) is 15.1. The van der Waals surface area contributed by atoms with Crippen LogP contribution < -0.4 is 16.4 Å². The molecule has 0 saturated carbocycles. The molecule has 6 heteroatoms. The molecule has 0 atom stereocenters. The minimum absolute atomic E-state index is 0.184. The summed E-state index contributed by atoms with van der Waals surface area (Å²) in [6.45, 7) is 4.16. The Kier molecular flexibility index (Phi) is 7.03. The van der Waals surface area contributed by atoms with Gasteiger partial charge in [-0.15, -0.1) is 0 Å². The zero-order chi connectivity index (χ0) is 19.8. The molecule has 0 spiro atoms. The predicted octanol–water partition coefficient (Wildman–Crippen LogP) is 2.50.